The number of methoxy groups -OCH3 is 1. The van der Waals surface area contributed by atoms with Gasteiger partial charge in [-0.2, -0.15) is 0 Å². The number of carbonyl (C=O) groups is 1. The van der Waals surface area contributed by atoms with Gasteiger partial charge in [0, 0.05) is 5.69 Å². The number of benzene rings is 2. The second kappa shape index (κ2) is 7.05. The zero-order valence-corrected chi connectivity index (χ0v) is 13.8. The monoisotopic (exact) mass is 314 g/mol. The van der Waals surface area contributed by atoms with E-state index in [4.69, 9.17) is 15.2 Å². The molecule has 0 unspecified atom stereocenters. The number of hydrogen-bond acceptors (Lipinski definition) is 4. The zero-order chi connectivity index (χ0) is 17.0. The van der Waals surface area contributed by atoms with Crippen LogP contribution in [0.3, 0.4) is 0 Å². The maximum Gasteiger partial charge on any atom is 0.265 e. The molecular weight excluding hydrogens is 292 g/mol. The van der Waals surface area contributed by atoms with Gasteiger partial charge in [-0.3, -0.25) is 4.79 Å². The van der Waals surface area contributed by atoms with E-state index in [1.807, 2.05) is 32.0 Å². The summed E-state index contributed by atoms with van der Waals surface area (Å²) in [6, 6.07) is 11.0. The Morgan fingerprint density at radius 2 is 1.87 bits per heavy atom. The summed E-state index contributed by atoms with van der Waals surface area (Å²) in [6.45, 7) is 5.63. The van der Waals surface area contributed by atoms with E-state index in [9.17, 15) is 4.79 Å². The molecule has 122 valence electrons. The summed E-state index contributed by atoms with van der Waals surface area (Å²) in [6.07, 6.45) is -0.651. The van der Waals surface area contributed by atoms with E-state index in [-0.39, 0.29) is 5.91 Å². The third kappa shape index (κ3) is 4.16. The lowest BCUT2D eigenvalue weighted by Gasteiger charge is -2.18. The Bertz CT molecular complexity index is 713. The lowest BCUT2D eigenvalue weighted by atomic mass is 10.1. The summed E-state index contributed by atoms with van der Waals surface area (Å²) in [5.41, 5.74) is 8.89. The summed E-state index contributed by atoms with van der Waals surface area (Å²) in [5.74, 6) is 0.980. The van der Waals surface area contributed by atoms with Gasteiger partial charge in [-0.25, -0.2) is 0 Å². The fraction of sp³-hybridized carbons (Fsp3) is 0.278. The largest absolute Gasteiger partial charge is 0.495 e. The van der Waals surface area contributed by atoms with Gasteiger partial charge in [-0.15, -0.1) is 0 Å². The molecule has 2 aromatic carbocycles. The third-order valence-corrected chi connectivity index (χ3v) is 3.50. The molecule has 2 rings (SSSR count). The second-order valence-electron chi connectivity index (χ2n) is 5.48. The normalized spacial score (nSPS) is 11.7. The lowest BCUT2D eigenvalue weighted by Crippen LogP contribution is -2.30. The topological polar surface area (TPSA) is 73.6 Å². The van der Waals surface area contributed by atoms with Crippen molar-refractivity contribution in [1.29, 1.82) is 0 Å². The molecule has 0 aliphatic rings. The van der Waals surface area contributed by atoms with Gasteiger partial charge in [0.15, 0.2) is 6.10 Å². The van der Waals surface area contributed by atoms with E-state index >= 15 is 0 Å². The van der Waals surface area contributed by atoms with Crippen LogP contribution in [0, 0.1) is 13.8 Å². The average molecular weight is 314 g/mol. The van der Waals surface area contributed by atoms with Crippen molar-refractivity contribution in [1.82, 2.24) is 0 Å². The van der Waals surface area contributed by atoms with E-state index in [0.29, 0.717) is 22.9 Å². The fourth-order valence-corrected chi connectivity index (χ4v) is 2.14. The van der Waals surface area contributed by atoms with Crippen LogP contribution in [0.4, 0.5) is 11.4 Å². The Balaban J connectivity index is 2.11. The van der Waals surface area contributed by atoms with E-state index < -0.39 is 6.10 Å². The maximum absolute atomic E-state index is 12.4. The Labute approximate surface area is 136 Å². The maximum atomic E-state index is 12.4. The van der Waals surface area contributed by atoms with Crippen LogP contribution in [0.1, 0.15) is 18.1 Å². The smallest absolute Gasteiger partial charge is 0.265 e. The van der Waals surface area contributed by atoms with Gasteiger partial charge in [0.05, 0.1) is 12.8 Å². The molecule has 0 radical (unpaired) electrons. The van der Waals surface area contributed by atoms with Gasteiger partial charge < -0.3 is 20.5 Å². The molecule has 1 atom stereocenters. The SMILES string of the molecule is COc1ccc(N)cc1NC(=O)[C@@H](C)Oc1cc(C)ccc1C. The highest BCUT2D eigenvalue weighted by Gasteiger charge is 2.17. The molecule has 0 fully saturated rings. The van der Waals surface area contributed by atoms with Crippen LogP contribution in [0.5, 0.6) is 11.5 Å². The summed E-state index contributed by atoms with van der Waals surface area (Å²) < 4.78 is 11.0. The highest BCUT2D eigenvalue weighted by atomic mass is 16.5. The minimum atomic E-state index is -0.651. The number of nitrogens with one attached hydrogen (secondary N) is 1. The molecule has 0 saturated heterocycles. The van der Waals surface area contributed by atoms with E-state index in [0.717, 1.165) is 11.1 Å². The predicted octanol–water partition coefficient (Wildman–Crippen LogP) is 3.30. The Morgan fingerprint density at radius 3 is 2.57 bits per heavy atom. The minimum Gasteiger partial charge on any atom is -0.495 e. The van der Waals surface area contributed by atoms with E-state index in [1.54, 1.807) is 25.1 Å². The first-order valence-corrected chi connectivity index (χ1v) is 7.39. The number of aryl methyl sites for hydroxylation is 2. The molecule has 0 aromatic heterocycles. The molecule has 3 N–H and O–H groups in total. The zero-order valence-electron chi connectivity index (χ0n) is 13.8. The fourth-order valence-electron chi connectivity index (χ4n) is 2.14. The number of rotatable bonds is 5. The number of hydrogen-bond donors (Lipinski definition) is 2. The molecule has 0 aliphatic heterocycles. The van der Waals surface area contributed by atoms with Crippen LogP contribution in [-0.4, -0.2) is 19.1 Å². The molecule has 0 heterocycles. The van der Waals surface area contributed by atoms with Crippen LogP contribution < -0.4 is 20.5 Å². The molecule has 0 spiro atoms. The van der Waals surface area contributed by atoms with Crippen molar-refractivity contribution in [3.8, 4) is 11.5 Å². The van der Waals surface area contributed by atoms with Gasteiger partial charge in [0.25, 0.3) is 5.91 Å². The average Bonchev–Trinajstić information content (AvgIpc) is 2.51. The Kier molecular flexibility index (Phi) is 5.11. The molecule has 5 nitrogen and oxygen atoms in total. The summed E-state index contributed by atoms with van der Waals surface area (Å²) in [4.78, 5) is 12.4. The number of anilines is 2. The molecule has 0 bridgehead atoms. The number of ether oxygens (including phenoxy) is 2. The molecule has 5 heteroatoms. The first kappa shape index (κ1) is 16.7. The van der Waals surface area contributed by atoms with Crippen molar-refractivity contribution in [3.05, 3.63) is 47.5 Å². The highest BCUT2D eigenvalue weighted by molar-refractivity contribution is 5.96. The van der Waals surface area contributed by atoms with Gasteiger partial charge in [0.2, 0.25) is 0 Å². The van der Waals surface area contributed by atoms with E-state index in [2.05, 4.69) is 5.32 Å². The third-order valence-electron chi connectivity index (χ3n) is 3.50. The van der Waals surface area contributed by atoms with Crippen LogP contribution in [-0.2, 0) is 4.79 Å². The van der Waals surface area contributed by atoms with Gasteiger partial charge >= 0.3 is 0 Å². The molecule has 0 saturated carbocycles. The summed E-state index contributed by atoms with van der Waals surface area (Å²) >= 11 is 0. The molecule has 2 aromatic rings. The predicted molar refractivity (Wildman–Crippen MR) is 92.0 cm³/mol. The number of nitrogens with two attached hydrogens (primary N) is 1. The van der Waals surface area contributed by atoms with Crippen LogP contribution >= 0.6 is 0 Å². The van der Waals surface area contributed by atoms with Gasteiger partial charge in [-0.05, 0) is 56.2 Å². The van der Waals surface area contributed by atoms with Crippen molar-refractivity contribution in [2.24, 2.45) is 0 Å². The van der Waals surface area contributed by atoms with Crippen LogP contribution in [0.2, 0.25) is 0 Å². The first-order valence-electron chi connectivity index (χ1n) is 7.39. The van der Waals surface area contributed by atoms with Crippen molar-refractivity contribution >= 4 is 17.3 Å². The van der Waals surface area contributed by atoms with Crippen molar-refractivity contribution in [2.45, 2.75) is 26.9 Å². The number of nitrogen functional groups attached to an aromatic ring is 1. The first-order chi connectivity index (χ1) is 10.9. The minimum absolute atomic E-state index is 0.269. The molecule has 0 aliphatic carbocycles. The summed E-state index contributed by atoms with van der Waals surface area (Å²) in [5, 5.41) is 2.79. The standard InChI is InChI=1S/C18H22N2O3/c1-11-5-6-12(2)17(9-11)23-13(3)18(21)20-15-10-14(19)7-8-16(15)22-4/h5-10,13H,19H2,1-4H3,(H,20,21)/t13-/m1/s1. The molecule has 23 heavy (non-hydrogen) atoms. The lowest BCUT2D eigenvalue weighted by molar-refractivity contribution is -0.122. The summed E-state index contributed by atoms with van der Waals surface area (Å²) in [7, 11) is 1.54. The molecular formula is C18H22N2O3. The number of amides is 1. The van der Waals surface area contributed by atoms with Crippen LogP contribution in [0.15, 0.2) is 36.4 Å². The second-order valence-corrected chi connectivity index (χ2v) is 5.48. The number of carbonyl (C=O) groups excluding carboxylic acids is 1. The highest BCUT2D eigenvalue weighted by Crippen LogP contribution is 2.27. The van der Waals surface area contributed by atoms with Crippen LogP contribution in [0.25, 0.3) is 0 Å². The molecule has 1 amide bonds. The van der Waals surface area contributed by atoms with Crippen molar-refractivity contribution < 1.29 is 14.3 Å². The van der Waals surface area contributed by atoms with Gasteiger partial charge in [0.1, 0.15) is 11.5 Å². The van der Waals surface area contributed by atoms with Crippen molar-refractivity contribution in [3.63, 3.8) is 0 Å². The Morgan fingerprint density at radius 1 is 1.13 bits per heavy atom. The van der Waals surface area contributed by atoms with Gasteiger partial charge in [-0.1, -0.05) is 12.1 Å². The Hall–Kier alpha value is -2.69. The quantitative estimate of drug-likeness (QED) is 0.831. The van der Waals surface area contributed by atoms with E-state index in [1.165, 1.54) is 7.11 Å². The van der Waals surface area contributed by atoms with Crippen molar-refractivity contribution in [2.75, 3.05) is 18.2 Å².